The summed E-state index contributed by atoms with van der Waals surface area (Å²) in [6.07, 6.45) is 2.33. The molecule has 0 spiro atoms. The number of H-pyrrole nitrogens is 1. The van der Waals surface area contributed by atoms with Gasteiger partial charge >= 0.3 is 5.97 Å². The van der Waals surface area contributed by atoms with Gasteiger partial charge in [-0.25, -0.2) is 0 Å². The van der Waals surface area contributed by atoms with Gasteiger partial charge in [-0.15, -0.1) is 0 Å². The molecule has 0 fully saturated rings. The number of anilines is 1. The second kappa shape index (κ2) is 6.17. The first-order valence-corrected chi connectivity index (χ1v) is 7.97. The van der Waals surface area contributed by atoms with Gasteiger partial charge < -0.3 is 15.4 Å². The minimum absolute atomic E-state index is 0.0778. The van der Waals surface area contributed by atoms with Gasteiger partial charge in [0.2, 0.25) is 0 Å². The van der Waals surface area contributed by atoms with Gasteiger partial charge in [0.15, 0.2) is 0 Å². The smallest absolute Gasteiger partial charge is 0.303 e. The Bertz CT molecular complexity index is 881. The molecule has 124 valence electrons. The van der Waals surface area contributed by atoms with Crippen LogP contribution in [0.2, 0.25) is 5.02 Å². The highest BCUT2D eigenvalue weighted by Gasteiger charge is 2.25. The van der Waals surface area contributed by atoms with Gasteiger partial charge in [0.05, 0.1) is 5.57 Å². The Morgan fingerprint density at radius 2 is 2.08 bits per heavy atom. The van der Waals surface area contributed by atoms with Crippen LogP contribution < -0.4 is 5.32 Å². The van der Waals surface area contributed by atoms with Gasteiger partial charge in [0.1, 0.15) is 0 Å². The molecule has 2 heterocycles. The van der Waals surface area contributed by atoms with E-state index in [1.807, 2.05) is 13.8 Å². The van der Waals surface area contributed by atoms with Crippen molar-refractivity contribution < 1.29 is 14.7 Å². The molecule has 1 aliphatic rings. The molecule has 3 rings (SSSR count). The van der Waals surface area contributed by atoms with E-state index in [2.05, 4.69) is 10.3 Å². The van der Waals surface area contributed by atoms with E-state index < -0.39 is 5.97 Å². The minimum Gasteiger partial charge on any atom is -0.481 e. The van der Waals surface area contributed by atoms with E-state index >= 15 is 0 Å². The second-order valence-corrected chi connectivity index (χ2v) is 6.30. The lowest BCUT2D eigenvalue weighted by Crippen LogP contribution is -2.03. The van der Waals surface area contributed by atoms with Crippen LogP contribution in [0.4, 0.5) is 5.69 Å². The molecule has 0 aliphatic carbocycles. The summed E-state index contributed by atoms with van der Waals surface area (Å²) in [4.78, 5) is 26.3. The van der Waals surface area contributed by atoms with E-state index in [-0.39, 0.29) is 12.3 Å². The number of hydrogen-bond acceptors (Lipinski definition) is 2. The average Bonchev–Trinajstić information content (AvgIpc) is 2.95. The van der Waals surface area contributed by atoms with Crippen molar-refractivity contribution in [2.75, 3.05) is 5.32 Å². The van der Waals surface area contributed by atoms with E-state index in [4.69, 9.17) is 16.7 Å². The Balaban J connectivity index is 2.01. The molecule has 6 heteroatoms. The predicted octanol–water partition coefficient (Wildman–Crippen LogP) is 3.79. The lowest BCUT2D eigenvalue weighted by Gasteiger charge is -2.01. The largest absolute Gasteiger partial charge is 0.481 e. The van der Waals surface area contributed by atoms with Crippen LogP contribution >= 0.6 is 11.6 Å². The number of carboxylic acid groups (broad SMARTS) is 1. The zero-order valence-electron chi connectivity index (χ0n) is 13.4. The number of amides is 1. The molecule has 0 saturated heterocycles. The lowest BCUT2D eigenvalue weighted by molar-refractivity contribution is -0.137. The van der Waals surface area contributed by atoms with E-state index in [1.54, 1.807) is 24.3 Å². The van der Waals surface area contributed by atoms with Crippen LogP contribution in [0.1, 0.15) is 34.5 Å². The van der Waals surface area contributed by atoms with Gasteiger partial charge in [-0.3, -0.25) is 9.59 Å². The number of halogens is 1. The monoisotopic (exact) mass is 344 g/mol. The number of carbonyl (C=O) groups excluding carboxylic acids is 1. The molecule has 0 bridgehead atoms. The van der Waals surface area contributed by atoms with Crippen molar-refractivity contribution >= 4 is 40.8 Å². The van der Waals surface area contributed by atoms with Crippen LogP contribution in [0, 0.1) is 13.8 Å². The normalized spacial score (nSPS) is 14.8. The van der Waals surface area contributed by atoms with Crippen LogP contribution in [0.5, 0.6) is 0 Å². The molecule has 1 aliphatic heterocycles. The molecule has 2 aromatic rings. The topological polar surface area (TPSA) is 82.2 Å². The number of fused-ring (bicyclic) bond motifs is 1. The van der Waals surface area contributed by atoms with Crippen LogP contribution in [-0.2, 0) is 16.0 Å². The molecule has 1 aromatic carbocycles. The molecule has 0 atom stereocenters. The summed E-state index contributed by atoms with van der Waals surface area (Å²) < 4.78 is 0. The third kappa shape index (κ3) is 2.95. The number of nitrogens with one attached hydrogen (secondary N) is 2. The number of aromatic amines is 1. The Morgan fingerprint density at radius 1 is 1.33 bits per heavy atom. The van der Waals surface area contributed by atoms with Gasteiger partial charge in [-0.1, -0.05) is 11.6 Å². The number of benzene rings is 1. The van der Waals surface area contributed by atoms with Gasteiger partial charge in [-0.05, 0) is 55.7 Å². The van der Waals surface area contributed by atoms with Crippen molar-refractivity contribution in [3.8, 4) is 0 Å². The number of hydrogen-bond donors (Lipinski definition) is 3. The van der Waals surface area contributed by atoms with Crippen molar-refractivity contribution in [3.05, 3.63) is 51.3 Å². The summed E-state index contributed by atoms with van der Waals surface area (Å²) in [5.74, 6) is -1.00. The van der Waals surface area contributed by atoms with E-state index in [0.29, 0.717) is 17.0 Å². The van der Waals surface area contributed by atoms with Crippen molar-refractivity contribution in [1.29, 1.82) is 0 Å². The van der Waals surface area contributed by atoms with Gasteiger partial charge in [0, 0.05) is 34.1 Å². The quantitative estimate of drug-likeness (QED) is 0.738. The van der Waals surface area contributed by atoms with E-state index in [9.17, 15) is 9.59 Å². The van der Waals surface area contributed by atoms with Crippen LogP contribution in [0.25, 0.3) is 11.6 Å². The predicted molar refractivity (Wildman–Crippen MR) is 94.2 cm³/mol. The average molecular weight is 345 g/mol. The van der Waals surface area contributed by atoms with Crippen molar-refractivity contribution in [1.82, 2.24) is 4.98 Å². The second-order valence-electron chi connectivity index (χ2n) is 5.86. The molecular weight excluding hydrogens is 328 g/mol. The first kappa shape index (κ1) is 16.3. The van der Waals surface area contributed by atoms with Crippen molar-refractivity contribution in [2.45, 2.75) is 26.7 Å². The maximum atomic E-state index is 12.3. The van der Waals surface area contributed by atoms with E-state index in [0.717, 1.165) is 33.8 Å². The maximum Gasteiger partial charge on any atom is 0.303 e. The summed E-state index contributed by atoms with van der Waals surface area (Å²) in [7, 11) is 0. The number of rotatable bonds is 4. The highest BCUT2D eigenvalue weighted by Crippen LogP contribution is 2.35. The fraction of sp³-hybridized carbons (Fsp3) is 0.222. The molecule has 0 unspecified atom stereocenters. The molecule has 0 saturated carbocycles. The SMILES string of the molecule is Cc1[nH]c(/C=C2\C(=O)Nc3ccc(Cl)cc32)c(C)c1CCC(=O)O. The zero-order valence-corrected chi connectivity index (χ0v) is 14.1. The van der Waals surface area contributed by atoms with Crippen LogP contribution in [0.15, 0.2) is 18.2 Å². The standard InChI is InChI=1S/C18H17ClN2O3/c1-9-12(4-6-17(22)23)10(2)20-16(9)8-14-13-7-11(19)3-5-15(13)21-18(14)24/h3,5,7-8,20H,4,6H2,1-2H3,(H,21,24)(H,22,23)/b14-8-. The number of carboxylic acids is 1. The first-order chi connectivity index (χ1) is 11.4. The zero-order chi connectivity index (χ0) is 17.4. The fourth-order valence-electron chi connectivity index (χ4n) is 3.01. The molecular formula is C18H17ClN2O3. The molecule has 1 amide bonds. The highest BCUT2D eigenvalue weighted by molar-refractivity contribution is 6.36. The molecule has 24 heavy (non-hydrogen) atoms. The minimum atomic E-state index is -0.825. The highest BCUT2D eigenvalue weighted by atomic mass is 35.5. The van der Waals surface area contributed by atoms with E-state index in [1.165, 1.54) is 0 Å². The Morgan fingerprint density at radius 3 is 2.79 bits per heavy atom. The summed E-state index contributed by atoms with van der Waals surface area (Å²) in [5.41, 5.74) is 5.73. The maximum absolute atomic E-state index is 12.3. The Kier molecular flexibility index (Phi) is 4.20. The van der Waals surface area contributed by atoms with Crippen molar-refractivity contribution in [3.63, 3.8) is 0 Å². The molecule has 1 aromatic heterocycles. The summed E-state index contributed by atoms with van der Waals surface area (Å²) in [6, 6.07) is 5.27. The third-order valence-electron chi connectivity index (χ3n) is 4.27. The summed E-state index contributed by atoms with van der Waals surface area (Å²) in [5, 5.41) is 12.3. The number of aliphatic carboxylic acids is 1. The van der Waals surface area contributed by atoms with Crippen LogP contribution in [0.3, 0.4) is 0 Å². The lowest BCUT2D eigenvalue weighted by atomic mass is 10.0. The van der Waals surface area contributed by atoms with Crippen molar-refractivity contribution in [2.24, 2.45) is 0 Å². The molecule has 0 radical (unpaired) electrons. The fourth-order valence-corrected chi connectivity index (χ4v) is 3.19. The summed E-state index contributed by atoms with van der Waals surface area (Å²) >= 11 is 6.04. The molecule has 3 N–H and O–H groups in total. The molecule has 5 nitrogen and oxygen atoms in total. The number of aryl methyl sites for hydroxylation is 1. The summed E-state index contributed by atoms with van der Waals surface area (Å²) in [6.45, 7) is 3.84. The number of carbonyl (C=O) groups is 2. The van der Waals surface area contributed by atoms with Gasteiger partial charge in [0.25, 0.3) is 5.91 Å². The van der Waals surface area contributed by atoms with Gasteiger partial charge in [-0.2, -0.15) is 0 Å². The number of aromatic nitrogens is 1. The Hall–Kier alpha value is -2.53. The first-order valence-electron chi connectivity index (χ1n) is 7.59. The Labute approximate surface area is 144 Å². The van der Waals surface area contributed by atoms with Crippen LogP contribution in [-0.4, -0.2) is 22.0 Å². The third-order valence-corrected chi connectivity index (χ3v) is 4.51.